The average molecular weight is 1110 g/mol. The van der Waals surface area contributed by atoms with Gasteiger partial charge in [0.25, 0.3) is 0 Å². The van der Waals surface area contributed by atoms with E-state index in [1.54, 1.807) is 18.3 Å². The summed E-state index contributed by atoms with van der Waals surface area (Å²) >= 11 is 12.2. The van der Waals surface area contributed by atoms with Crippen LogP contribution in [-0.4, -0.2) is 71.6 Å². The van der Waals surface area contributed by atoms with Crippen LogP contribution in [0.5, 0.6) is 23.0 Å². The average Bonchev–Trinajstić information content (AvgIpc) is 3.75. The maximum atomic E-state index is 9.60. The largest absolute Gasteiger partial charge is 0.508 e. The van der Waals surface area contributed by atoms with Crippen molar-refractivity contribution < 1.29 is 19.3 Å². The molecule has 7 rings (SSSR count). The highest BCUT2D eigenvalue weighted by atomic mass is 32.4. The molecule has 77 heavy (non-hydrogen) atoms. The fraction of sp³-hybridized carbons (Fsp3) is 0.375. The molecule has 4 atom stereocenters. The van der Waals surface area contributed by atoms with E-state index in [1.165, 1.54) is 66.3 Å². The highest BCUT2D eigenvalue weighted by molar-refractivity contribution is 8.04. The van der Waals surface area contributed by atoms with Crippen LogP contribution in [0.15, 0.2) is 144 Å². The van der Waals surface area contributed by atoms with E-state index in [0.717, 1.165) is 71.1 Å². The molecule has 1 aliphatic rings. The van der Waals surface area contributed by atoms with Gasteiger partial charge < -0.3 is 24.2 Å². The summed E-state index contributed by atoms with van der Waals surface area (Å²) in [5.41, 5.74) is 12.2. The van der Waals surface area contributed by atoms with E-state index in [4.69, 9.17) is 42.9 Å². The summed E-state index contributed by atoms with van der Waals surface area (Å²) in [7, 11) is 3.81. The number of benzene rings is 6. The van der Waals surface area contributed by atoms with Gasteiger partial charge in [0.05, 0.1) is 32.7 Å². The predicted octanol–water partition coefficient (Wildman–Crippen LogP) is 15.8. The van der Waals surface area contributed by atoms with Crippen LogP contribution in [0, 0.1) is 18.8 Å². The maximum Gasteiger partial charge on any atom is 0.149 e. The molecule has 0 aliphatic heterocycles. The second-order valence-corrected chi connectivity index (χ2v) is 27.4. The highest BCUT2D eigenvalue weighted by Crippen LogP contribution is 2.55. The van der Waals surface area contributed by atoms with Gasteiger partial charge in [0.2, 0.25) is 0 Å². The van der Waals surface area contributed by atoms with Crippen molar-refractivity contribution in [2.24, 2.45) is 10.2 Å². The molecular weight excluding hydrogens is 1030 g/mol. The monoisotopic (exact) mass is 1110 g/mol. The van der Waals surface area contributed by atoms with Gasteiger partial charge in [0.1, 0.15) is 40.3 Å². The van der Waals surface area contributed by atoms with Gasteiger partial charge in [-0.15, -0.1) is 0 Å². The number of hydrogen-bond donors (Lipinski definition) is 1. The van der Waals surface area contributed by atoms with Crippen molar-refractivity contribution >= 4 is 55.4 Å². The van der Waals surface area contributed by atoms with E-state index < -0.39 is 24.4 Å². The van der Waals surface area contributed by atoms with Crippen LogP contribution in [0.2, 0.25) is 0 Å². The SMILES string of the molecule is CCCCC1(CCCC)c2cc(C)ccc2-c2ccc(C#Cc3ccc(N(CC)CCOc4ccc(OC(C)(CC)[PH](=S)N(C)N=Cc5ccc(OC(C)(CC)[PH](=S)N(C)N=Cc6ccc(O)cc6)cc5)cc4)cc3)cc21. The Morgan fingerprint density at radius 1 is 0.610 bits per heavy atom. The molecule has 0 fully saturated rings. The first-order valence-electron chi connectivity index (χ1n) is 27.3. The molecule has 6 aromatic carbocycles. The number of aromatic hydroxyl groups is 1. The molecule has 0 heterocycles. The summed E-state index contributed by atoms with van der Waals surface area (Å²) in [6.45, 7) is 16.1. The summed E-state index contributed by atoms with van der Waals surface area (Å²) in [6.07, 6.45) is 12.2. The summed E-state index contributed by atoms with van der Waals surface area (Å²) in [6, 6.07) is 45.2. The van der Waals surface area contributed by atoms with E-state index in [0.29, 0.717) is 6.61 Å². The van der Waals surface area contributed by atoms with E-state index in [1.807, 2.05) is 97.5 Å². The topological polar surface area (TPSA) is 82.4 Å². The summed E-state index contributed by atoms with van der Waals surface area (Å²) in [5.74, 6) is 9.48. The number of likely N-dealkylation sites (N-methyl/N-ethyl adjacent to an activating group) is 1. The Labute approximate surface area is 471 Å². The van der Waals surface area contributed by atoms with Gasteiger partial charge in [0, 0.05) is 42.9 Å². The Bertz CT molecular complexity index is 3080. The Balaban J connectivity index is 0.895. The standard InChI is InChI=1S/C64H79N5O4P2S2/c1-11-16-40-64(41-17-12-2)60-44-48(6)18-38-58(60)59-39-27-50(45-61(59)64)20-19-49-21-28-53(29-22-49)69(15-5)42-43-71-55-34-36-57(37-35-55)73-63(8,14-4)75(77)68(10)66-47-52-25-32-56(33-26-52)72-62(7,13-3)74(76)67(9)65-46-51-23-30-54(70)31-24-51/h18,21-39,44-47,70,74-75H,11-17,40-43H2,1-10H3. The van der Waals surface area contributed by atoms with E-state index in [2.05, 4.69) is 131 Å². The first-order chi connectivity index (χ1) is 37.1. The van der Waals surface area contributed by atoms with Gasteiger partial charge in [-0.25, -0.2) is 0 Å². The number of fused-ring (bicyclic) bond motifs is 3. The van der Waals surface area contributed by atoms with E-state index >= 15 is 0 Å². The minimum Gasteiger partial charge on any atom is -0.508 e. The summed E-state index contributed by atoms with van der Waals surface area (Å²) in [4.78, 5) is 2.32. The number of hydrazone groups is 2. The third-order valence-corrected chi connectivity index (χ3v) is 23.2. The Kier molecular flexibility index (Phi) is 20.7. The number of aryl methyl sites for hydroxylation is 1. The molecule has 0 bridgehead atoms. The van der Waals surface area contributed by atoms with Gasteiger partial charge in [0.15, 0.2) is 0 Å². The molecule has 0 spiro atoms. The lowest BCUT2D eigenvalue weighted by Gasteiger charge is -2.34. The molecular formula is C64H79N5O4P2S2. The number of phenols is 1. The Morgan fingerprint density at radius 2 is 1.08 bits per heavy atom. The molecule has 4 unspecified atom stereocenters. The fourth-order valence-electron chi connectivity index (χ4n) is 9.89. The highest BCUT2D eigenvalue weighted by Gasteiger charge is 2.42. The van der Waals surface area contributed by atoms with E-state index in [9.17, 15) is 5.11 Å². The zero-order chi connectivity index (χ0) is 55.2. The quantitative estimate of drug-likeness (QED) is 0.0247. The number of unbranched alkanes of at least 4 members (excludes halogenated alkanes) is 2. The van der Waals surface area contributed by atoms with Gasteiger partial charge in [-0.1, -0.05) is 119 Å². The minimum atomic E-state index is -1.71. The van der Waals surface area contributed by atoms with Gasteiger partial charge in [-0.05, 0) is 196 Å². The molecule has 9 nitrogen and oxygen atoms in total. The lowest BCUT2D eigenvalue weighted by atomic mass is 9.70. The lowest BCUT2D eigenvalue weighted by molar-refractivity contribution is 0.171. The summed E-state index contributed by atoms with van der Waals surface area (Å²) < 4.78 is 23.1. The number of ether oxygens (including phenoxy) is 3. The number of phenolic OH excluding ortho intramolecular Hbond substituents is 1. The van der Waals surface area contributed by atoms with Crippen LogP contribution < -0.4 is 19.1 Å². The molecule has 406 valence electrons. The van der Waals surface area contributed by atoms with Gasteiger partial charge >= 0.3 is 0 Å². The number of nitrogens with zero attached hydrogens (tertiary/aromatic N) is 5. The predicted molar refractivity (Wildman–Crippen MR) is 334 cm³/mol. The van der Waals surface area contributed by atoms with Crippen molar-refractivity contribution in [2.45, 2.75) is 123 Å². The maximum absolute atomic E-state index is 9.60. The molecule has 0 radical (unpaired) electrons. The molecule has 0 amide bonds. The van der Waals surface area contributed by atoms with Crippen molar-refractivity contribution in [3.8, 4) is 46.0 Å². The molecule has 6 aromatic rings. The third-order valence-electron chi connectivity index (χ3n) is 14.9. The number of hydrogen-bond acceptors (Lipinski definition) is 9. The van der Waals surface area contributed by atoms with Crippen molar-refractivity contribution in [1.82, 2.24) is 9.56 Å². The normalized spacial score (nSPS) is 14.8. The van der Waals surface area contributed by atoms with Crippen LogP contribution in [0.1, 0.15) is 139 Å². The van der Waals surface area contributed by atoms with Crippen LogP contribution in [0.3, 0.4) is 0 Å². The zero-order valence-corrected chi connectivity index (χ0v) is 50.5. The summed E-state index contributed by atoms with van der Waals surface area (Å²) in [5, 5.41) is 17.8. The zero-order valence-electron chi connectivity index (χ0n) is 46.9. The Morgan fingerprint density at radius 3 is 1.60 bits per heavy atom. The van der Waals surface area contributed by atoms with Crippen LogP contribution >= 0.6 is 13.7 Å². The lowest BCUT2D eigenvalue weighted by Crippen LogP contribution is -2.30. The van der Waals surface area contributed by atoms with Crippen molar-refractivity contribution in [3.63, 3.8) is 0 Å². The number of anilines is 1. The molecule has 0 aromatic heterocycles. The van der Waals surface area contributed by atoms with Crippen molar-refractivity contribution in [1.29, 1.82) is 0 Å². The second-order valence-electron chi connectivity index (χ2n) is 20.5. The van der Waals surface area contributed by atoms with Crippen LogP contribution in [0.4, 0.5) is 5.69 Å². The second kappa shape index (κ2) is 27.1. The molecule has 0 saturated carbocycles. The molecule has 1 aliphatic carbocycles. The smallest absolute Gasteiger partial charge is 0.149 e. The molecule has 13 heteroatoms. The first kappa shape index (κ1) is 58.8. The molecule has 0 saturated heterocycles. The van der Waals surface area contributed by atoms with Crippen molar-refractivity contribution in [2.75, 3.05) is 38.7 Å². The first-order valence-corrected chi connectivity index (χ1v) is 32.5. The number of rotatable bonds is 26. The van der Waals surface area contributed by atoms with Crippen molar-refractivity contribution in [3.05, 3.63) is 172 Å². The Hall–Kier alpha value is -5.88. The third kappa shape index (κ3) is 14.6. The minimum absolute atomic E-state index is 0.0507. The molecule has 1 N–H and O–H groups in total. The van der Waals surface area contributed by atoms with Crippen LogP contribution in [0.25, 0.3) is 11.1 Å². The van der Waals surface area contributed by atoms with E-state index in [-0.39, 0.29) is 11.2 Å². The fourth-order valence-corrected chi connectivity index (χ4v) is 14.0. The van der Waals surface area contributed by atoms with Crippen LogP contribution in [-0.2, 0) is 29.0 Å². The van der Waals surface area contributed by atoms with Gasteiger partial charge in [-0.2, -0.15) is 10.2 Å². The van der Waals surface area contributed by atoms with Gasteiger partial charge in [-0.3, -0.25) is 9.56 Å².